The van der Waals surface area contributed by atoms with E-state index < -0.39 is 30.3 Å². The molecule has 0 aliphatic carbocycles. The highest BCUT2D eigenvalue weighted by Crippen LogP contribution is 2.29. The quantitative estimate of drug-likeness (QED) is 0.623. The van der Waals surface area contributed by atoms with Crippen LogP contribution in [0, 0.1) is 5.82 Å². The molecule has 142 valence electrons. The van der Waals surface area contributed by atoms with E-state index in [4.69, 9.17) is 9.84 Å². The Bertz CT molecular complexity index is 722. The summed E-state index contributed by atoms with van der Waals surface area (Å²) >= 11 is 0. The number of nitrogens with one attached hydrogen (secondary N) is 1. The van der Waals surface area contributed by atoms with Gasteiger partial charge in [-0.1, -0.05) is 18.2 Å². The van der Waals surface area contributed by atoms with Crippen molar-refractivity contribution in [3.63, 3.8) is 0 Å². The Kier molecular flexibility index (Phi) is 6.96. The number of aliphatic hydroxyl groups excluding tert-OH is 2. The molecule has 0 saturated heterocycles. The third-order valence-electron chi connectivity index (χ3n) is 3.59. The lowest BCUT2D eigenvalue weighted by Gasteiger charge is -2.12. The maximum atomic E-state index is 14.0. The summed E-state index contributed by atoms with van der Waals surface area (Å²) < 4.78 is 57.4. The Balaban J connectivity index is 1.93. The lowest BCUT2D eigenvalue weighted by Crippen LogP contribution is -2.29. The maximum absolute atomic E-state index is 14.0. The number of halogens is 4. The van der Waals surface area contributed by atoms with Gasteiger partial charge in [0.05, 0.1) is 18.3 Å². The summed E-state index contributed by atoms with van der Waals surface area (Å²) in [6.45, 7) is -0.248. The molecule has 26 heavy (non-hydrogen) atoms. The number of hydrogen-bond acceptors (Lipinski definition) is 4. The molecular formula is C18H19F4NO3. The van der Waals surface area contributed by atoms with Gasteiger partial charge in [0.25, 0.3) is 0 Å². The highest BCUT2D eigenvalue weighted by Gasteiger charge is 2.30. The zero-order valence-electron chi connectivity index (χ0n) is 13.8. The predicted octanol–water partition coefficient (Wildman–Crippen LogP) is 2.87. The molecule has 0 saturated carbocycles. The van der Waals surface area contributed by atoms with Gasteiger partial charge in [0.15, 0.2) is 0 Å². The van der Waals surface area contributed by atoms with E-state index in [1.165, 1.54) is 24.3 Å². The van der Waals surface area contributed by atoms with Gasteiger partial charge in [-0.3, -0.25) is 0 Å². The fourth-order valence-corrected chi connectivity index (χ4v) is 2.20. The molecule has 8 heteroatoms. The molecule has 0 aliphatic heterocycles. The van der Waals surface area contributed by atoms with Crippen LogP contribution in [0.3, 0.4) is 0 Å². The molecule has 0 radical (unpaired) electrons. The van der Waals surface area contributed by atoms with E-state index in [0.29, 0.717) is 11.1 Å². The van der Waals surface area contributed by atoms with Crippen LogP contribution in [-0.2, 0) is 19.3 Å². The first-order valence-electron chi connectivity index (χ1n) is 7.86. The Morgan fingerprint density at radius 1 is 1.12 bits per heavy atom. The Morgan fingerprint density at radius 3 is 2.54 bits per heavy atom. The standard InChI is InChI=1S/C18H19F4NO3/c19-17-7-16(5-4-13(17)8-23-9-15(25)10-24)26-11-12-2-1-3-14(6-12)18(20,21)22/h1-7,15,23-25H,8-11H2. The van der Waals surface area contributed by atoms with Gasteiger partial charge < -0.3 is 20.3 Å². The zero-order valence-corrected chi connectivity index (χ0v) is 13.8. The molecule has 0 amide bonds. The lowest BCUT2D eigenvalue weighted by molar-refractivity contribution is -0.137. The number of rotatable bonds is 8. The normalized spacial score (nSPS) is 12.8. The van der Waals surface area contributed by atoms with Gasteiger partial charge in [0, 0.05) is 24.7 Å². The summed E-state index contributed by atoms with van der Waals surface area (Å²) in [5.41, 5.74) is -0.109. The van der Waals surface area contributed by atoms with Crippen LogP contribution in [-0.4, -0.2) is 29.5 Å². The Hall–Kier alpha value is -2.16. The van der Waals surface area contributed by atoms with Crippen LogP contribution in [0.2, 0.25) is 0 Å². The van der Waals surface area contributed by atoms with Crippen LogP contribution in [0.1, 0.15) is 16.7 Å². The van der Waals surface area contributed by atoms with Crippen LogP contribution >= 0.6 is 0 Å². The molecule has 2 aromatic carbocycles. The zero-order chi connectivity index (χ0) is 19.2. The van der Waals surface area contributed by atoms with Crippen LogP contribution in [0.25, 0.3) is 0 Å². The first kappa shape index (κ1) is 20.2. The van der Waals surface area contributed by atoms with Gasteiger partial charge in [-0.2, -0.15) is 13.2 Å². The van der Waals surface area contributed by atoms with Crippen molar-refractivity contribution in [3.8, 4) is 5.75 Å². The fourth-order valence-electron chi connectivity index (χ4n) is 2.20. The van der Waals surface area contributed by atoms with Crippen LogP contribution in [0.15, 0.2) is 42.5 Å². The van der Waals surface area contributed by atoms with Crippen molar-refractivity contribution in [1.82, 2.24) is 5.32 Å². The summed E-state index contributed by atoms with van der Waals surface area (Å²) in [5, 5.41) is 20.7. The number of aliphatic hydroxyl groups is 2. The third kappa shape index (κ3) is 5.98. The second-order valence-corrected chi connectivity index (χ2v) is 5.71. The minimum atomic E-state index is -4.43. The molecule has 3 N–H and O–H groups in total. The maximum Gasteiger partial charge on any atom is 0.416 e. The average molecular weight is 373 g/mol. The first-order chi connectivity index (χ1) is 12.3. The van der Waals surface area contributed by atoms with Crippen LogP contribution in [0.5, 0.6) is 5.75 Å². The van der Waals surface area contributed by atoms with E-state index in [1.54, 1.807) is 0 Å². The number of alkyl halides is 3. The first-order valence-corrected chi connectivity index (χ1v) is 7.86. The van der Waals surface area contributed by atoms with Crippen molar-refractivity contribution < 1.29 is 32.5 Å². The van der Waals surface area contributed by atoms with Crippen molar-refractivity contribution in [2.24, 2.45) is 0 Å². The van der Waals surface area contributed by atoms with Gasteiger partial charge in [-0.15, -0.1) is 0 Å². The van der Waals surface area contributed by atoms with Gasteiger partial charge >= 0.3 is 6.18 Å². The van der Waals surface area contributed by atoms with E-state index in [0.717, 1.165) is 18.2 Å². The minimum absolute atomic E-state index is 0.115. The van der Waals surface area contributed by atoms with E-state index in [1.807, 2.05) is 0 Å². The van der Waals surface area contributed by atoms with Crippen molar-refractivity contribution in [2.75, 3.05) is 13.2 Å². The van der Waals surface area contributed by atoms with Gasteiger partial charge in [0.1, 0.15) is 18.2 Å². The van der Waals surface area contributed by atoms with Crippen molar-refractivity contribution in [3.05, 3.63) is 65.0 Å². The number of benzene rings is 2. The topological polar surface area (TPSA) is 61.7 Å². The average Bonchev–Trinajstić information content (AvgIpc) is 2.61. The molecule has 1 unspecified atom stereocenters. The molecule has 0 fully saturated rings. The van der Waals surface area contributed by atoms with Gasteiger partial charge in [-0.25, -0.2) is 4.39 Å². The molecule has 1 atom stereocenters. The summed E-state index contributed by atoms with van der Waals surface area (Å²) in [4.78, 5) is 0. The van der Waals surface area contributed by atoms with E-state index in [2.05, 4.69) is 5.32 Å². The van der Waals surface area contributed by atoms with Crippen molar-refractivity contribution in [1.29, 1.82) is 0 Å². The highest BCUT2D eigenvalue weighted by molar-refractivity contribution is 5.30. The summed E-state index contributed by atoms with van der Waals surface area (Å²) in [5.74, 6) is -0.350. The van der Waals surface area contributed by atoms with Gasteiger partial charge in [-0.05, 0) is 23.8 Å². The molecule has 0 heterocycles. The van der Waals surface area contributed by atoms with E-state index in [9.17, 15) is 22.7 Å². The third-order valence-corrected chi connectivity index (χ3v) is 3.59. The molecular weight excluding hydrogens is 354 g/mol. The summed E-state index contributed by atoms with van der Waals surface area (Å²) in [6, 6.07) is 8.88. The monoisotopic (exact) mass is 373 g/mol. The highest BCUT2D eigenvalue weighted by atomic mass is 19.4. The van der Waals surface area contributed by atoms with Crippen LogP contribution in [0.4, 0.5) is 17.6 Å². The molecule has 0 aliphatic rings. The van der Waals surface area contributed by atoms with Crippen molar-refractivity contribution in [2.45, 2.75) is 25.4 Å². The Labute approximate surface area is 148 Å². The molecule has 4 nitrogen and oxygen atoms in total. The molecule has 2 rings (SSSR count). The second-order valence-electron chi connectivity index (χ2n) is 5.71. The van der Waals surface area contributed by atoms with E-state index >= 15 is 0 Å². The molecule has 0 aromatic heterocycles. The summed E-state index contributed by atoms with van der Waals surface area (Å²) in [6.07, 6.45) is -5.35. The van der Waals surface area contributed by atoms with E-state index in [-0.39, 0.29) is 25.4 Å². The smallest absolute Gasteiger partial charge is 0.416 e. The lowest BCUT2D eigenvalue weighted by atomic mass is 10.1. The molecule has 2 aromatic rings. The molecule has 0 spiro atoms. The SMILES string of the molecule is OCC(O)CNCc1ccc(OCc2cccc(C(F)(F)F)c2)cc1F. The molecule has 0 bridgehead atoms. The summed E-state index contributed by atoms with van der Waals surface area (Å²) in [7, 11) is 0. The number of hydrogen-bond donors (Lipinski definition) is 3. The fraction of sp³-hybridized carbons (Fsp3) is 0.333. The van der Waals surface area contributed by atoms with Crippen molar-refractivity contribution >= 4 is 0 Å². The predicted molar refractivity (Wildman–Crippen MR) is 87.0 cm³/mol. The largest absolute Gasteiger partial charge is 0.489 e. The van der Waals surface area contributed by atoms with Gasteiger partial charge in [0.2, 0.25) is 0 Å². The second kappa shape index (κ2) is 8.98. The number of ether oxygens (including phenoxy) is 1. The van der Waals surface area contributed by atoms with Crippen LogP contribution < -0.4 is 10.1 Å². The minimum Gasteiger partial charge on any atom is -0.489 e. The Morgan fingerprint density at radius 2 is 1.88 bits per heavy atom.